The van der Waals surface area contributed by atoms with E-state index in [1.54, 1.807) is 11.8 Å². The van der Waals surface area contributed by atoms with Gasteiger partial charge in [0.1, 0.15) is 24.8 Å². The molecule has 1 fully saturated rings. The molecule has 1 atom stereocenters. The quantitative estimate of drug-likeness (QED) is 0.475. The summed E-state index contributed by atoms with van der Waals surface area (Å²) in [5, 5.41) is 0. The van der Waals surface area contributed by atoms with Crippen molar-refractivity contribution >= 4 is 23.7 Å². The van der Waals surface area contributed by atoms with Crippen molar-refractivity contribution in [2.75, 3.05) is 32.6 Å². The number of hydrogen-bond acceptors (Lipinski definition) is 3. The van der Waals surface area contributed by atoms with Crippen molar-refractivity contribution in [3.63, 3.8) is 0 Å². The van der Waals surface area contributed by atoms with E-state index >= 15 is 0 Å². The van der Waals surface area contributed by atoms with Gasteiger partial charge in [0.25, 0.3) is 0 Å². The number of rotatable bonds is 4. The zero-order valence-corrected chi connectivity index (χ0v) is 11.8. The minimum Gasteiger partial charge on any atom is -0.370 e. The fourth-order valence-electron chi connectivity index (χ4n) is 2.65. The zero-order valence-electron chi connectivity index (χ0n) is 11.0. The topological polar surface area (TPSA) is 26.3 Å². The first-order valence-corrected chi connectivity index (χ1v) is 7.50. The monoisotopic (exact) mass is 266 g/mol. The summed E-state index contributed by atoms with van der Waals surface area (Å²) in [5.74, 6) is 0. The molecule has 1 saturated heterocycles. The second kappa shape index (κ2) is 5.87. The highest BCUT2D eigenvalue weighted by Crippen LogP contribution is 2.35. The van der Waals surface area contributed by atoms with Crippen LogP contribution in [-0.2, 0) is 9.53 Å². The molecule has 0 spiro atoms. The van der Waals surface area contributed by atoms with E-state index in [-0.39, 0.29) is 6.04 Å². The number of carbonyl (C=O) groups is 1. The summed E-state index contributed by atoms with van der Waals surface area (Å²) in [5.41, 5.74) is 1.26. The van der Waals surface area contributed by atoms with Gasteiger partial charge in [-0.05, 0) is 19.2 Å². The van der Waals surface area contributed by atoms with E-state index in [0.717, 1.165) is 37.1 Å². The van der Waals surface area contributed by atoms with Crippen molar-refractivity contribution < 1.29 is 9.53 Å². The summed E-state index contributed by atoms with van der Waals surface area (Å²) in [7, 11) is 0. The Bertz CT molecular complexity index is 416. The first kappa shape index (κ1) is 13.6. The van der Waals surface area contributed by atoms with Crippen molar-refractivity contribution in [2.24, 2.45) is 0 Å². The smallest absolute Gasteiger partial charge is 0.177 e. The number of para-hydroxylation sites is 1. The molecule has 1 aromatic carbocycles. The third-order valence-electron chi connectivity index (χ3n) is 3.81. The van der Waals surface area contributed by atoms with Gasteiger partial charge in [-0.1, -0.05) is 12.1 Å². The largest absolute Gasteiger partial charge is 0.370 e. The summed E-state index contributed by atoms with van der Waals surface area (Å²) in [6.45, 7) is 5.20. The fraction of sp³-hybridized carbons (Fsp3) is 0.500. The Morgan fingerprint density at radius 3 is 2.61 bits per heavy atom. The van der Waals surface area contributed by atoms with E-state index in [1.807, 2.05) is 6.92 Å². The van der Waals surface area contributed by atoms with E-state index in [4.69, 9.17) is 4.74 Å². The minimum atomic E-state index is -0.0257. The Kier molecular flexibility index (Phi) is 4.43. The van der Waals surface area contributed by atoms with Gasteiger partial charge in [0.2, 0.25) is 0 Å². The maximum absolute atomic E-state index is 11.3. The summed E-state index contributed by atoms with van der Waals surface area (Å²) in [4.78, 5) is 12.6. The number of thioether (sulfide) groups is 1. The number of quaternary nitrogens is 1. The van der Waals surface area contributed by atoms with Gasteiger partial charge < -0.3 is 4.74 Å². The van der Waals surface area contributed by atoms with E-state index in [9.17, 15) is 4.79 Å². The molecule has 1 aromatic rings. The molecular weight excluding hydrogens is 246 g/mol. The molecule has 1 aliphatic rings. The van der Waals surface area contributed by atoms with E-state index in [1.165, 1.54) is 10.6 Å². The Morgan fingerprint density at radius 1 is 1.33 bits per heavy atom. The number of carbonyl (C=O) groups excluding carboxylic acids is 1. The van der Waals surface area contributed by atoms with Gasteiger partial charge in [0.05, 0.1) is 18.1 Å². The van der Waals surface area contributed by atoms with Crippen molar-refractivity contribution in [1.29, 1.82) is 0 Å². The Hall–Kier alpha value is -0.840. The summed E-state index contributed by atoms with van der Waals surface area (Å²) in [6, 6.07) is 8.37. The molecule has 1 aliphatic heterocycles. The molecule has 3 nitrogen and oxygen atoms in total. The summed E-state index contributed by atoms with van der Waals surface area (Å²) >= 11 is 1.74. The van der Waals surface area contributed by atoms with Crippen LogP contribution < -0.4 is 4.48 Å². The van der Waals surface area contributed by atoms with Gasteiger partial charge in [-0.3, -0.25) is 9.28 Å². The average Bonchev–Trinajstić information content (AvgIpc) is 2.47. The molecule has 18 heavy (non-hydrogen) atoms. The van der Waals surface area contributed by atoms with Crippen LogP contribution in [0.2, 0.25) is 0 Å². The van der Waals surface area contributed by atoms with Crippen LogP contribution in [-0.4, -0.2) is 44.9 Å². The van der Waals surface area contributed by atoms with Crippen molar-refractivity contribution in [3.8, 4) is 0 Å². The molecule has 4 heteroatoms. The molecule has 0 N–H and O–H groups in total. The molecule has 2 rings (SSSR count). The molecule has 0 radical (unpaired) electrons. The number of aldehydes is 1. The first-order chi connectivity index (χ1) is 8.74. The highest BCUT2D eigenvalue weighted by atomic mass is 32.2. The van der Waals surface area contributed by atoms with Crippen LogP contribution in [0.1, 0.15) is 6.92 Å². The molecule has 1 unspecified atom stereocenters. The maximum atomic E-state index is 11.3. The van der Waals surface area contributed by atoms with Crippen LogP contribution in [0.4, 0.5) is 5.69 Å². The number of ether oxygens (including phenoxy) is 1. The van der Waals surface area contributed by atoms with Crippen LogP contribution in [0.15, 0.2) is 29.2 Å². The second-order valence-electron chi connectivity index (χ2n) is 4.64. The van der Waals surface area contributed by atoms with Crippen LogP contribution in [0, 0.1) is 0 Å². The van der Waals surface area contributed by atoms with Crippen LogP contribution in [0.3, 0.4) is 0 Å². The Balaban J connectivity index is 2.48. The van der Waals surface area contributed by atoms with E-state index in [0.29, 0.717) is 0 Å². The molecule has 1 heterocycles. The van der Waals surface area contributed by atoms with Crippen LogP contribution in [0.5, 0.6) is 0 Å². The molecular formula is C14H20NO2S+. The number of hydrogen-bond donors (Lipinski definition) is 0. The molecule has 0 saturated carbocycles. The van der Waals surface area contributed by atoms with Gasteiger partial charge in [-0.25, -0.2) is 0 Å². The maximum Gasteiger partial charge on any atom is 0.177 e. The lowest BCUT2D eigenvalue weighted by atomic mass is 10.1. The van der Waals surface area contributed by atoms with Crippen molar-refractivity contribution in [2.45, 2.75) is 17.9 Å². The number of nitrogens with zero attached hydrogens (tertiary/aromatic N) is 1. The predicted molar refractivity (Wildman–Crippen MR) is 76.1 cm³/mol. The van der Waals surface area contributed by atoms with Gasteiger partial charge in [-0.2, -0.15) is 0 Å². The Morgan fingerprint density at radius 2 is 2.00 bits per heavy atom. The fourth-order valence-corrected chi connectivity index (χ4v) is 3.32. The standard InChI is InChI=1S/C14H20NO2S/c1-12(11-16)15(7-9-17-10-8-15)13-5-3-4-6-14(13)18-2/h3-6,11-12H,7-10H2,1-2H3/q+1. The molecule has 98 valence electrons. The van der Waals surface area contributed by atoms with Crippen molar-refractivity contribution in [1.82, 2.24) is 4.48 Å². The van der Waals surface area contributed by atoms with Gasteiger partial charge in [0, 0.05) is 6.07 Å². The lowest BCUT2D eigenvalue weighted by Gasteiger charge is -2.44. The third-order valence-corrected chi connectivity index (χ3v) is 4.60. The van der Waals surface area contributed by atoms with E-state index in [2.05, 4.69) is 30.5 Å². The lowest BCUT2D eigenvalue weighted by molar-refractivity contribution is -0.113. The van der Waals surface area contributed by atoms with Gasteiger partial charge in [-0.15, -0.1) is 11.8 Å². The third kappa shape index (κ3) is 2.32. The zero-order chi connectivity index (χ0) is 13.0. The number of morpholine rings is 1. The van der Waals surface area contributed by atoms with Gasteiger partial charge in [0.15, 0.2) is 6.29 Å². The molecule has 0 amide bonds. The van der Waals surface area contributed by atoms with Crippen molar-refractivity contribution in [3.05, 3.63) is 24.3 Å². The van der Waals surface area contributed by atoms with Crippen LogP contribution >= 0.6 is 11.8 Å². The average molecular weight is 266 g/mol. The molecule has 0 aromatic heterocycles. The normalized spacial score (nSPS) is 20.3. The predicted octanol–water partition coefficient (Wildman–Crippen LogP) is 2.33. The Labute approximate surface area is 113 Å². The summed E-state index contributed by atoms with van der Waals surface area (Å²) < 4.78 is 6.20. The molecule has 0 aliphatic carbocycles. The van der Waals surface area contributed by atoms with E-state index < -0.39 is 0 Å². The SMILES string of the molecule is CSc1ccccc1[N+]1(C(C)C=O)CCOCC1. The minimum absolute atomic E-state index is 0.0257. The van der Waals surface area contributed by atoms with Crippen LogP contribution in [0.25, 0.3) is 0 Å². The summed E-state index contributed by atoms with van der Waals surface area (Å²) in [6.07, 6.45) is 3.16. The lowest BCUT2D eigenvalue weighted by Crippen LogP contribution is -2.62. The molecule has 0 bridgehead atoms. The number of benzene rings is 1. The first-order valence-electron chi connectivity index (χ1n) is 6.28. The highest BCUT2D eigenvalue weighted by Gasteiger charge is 2.39. The highest BCUT2D eigenvalue weighted by molar-refractivity contribution is 7.98. The second-order valence-corrected chi connectivity index (χ2v) is 5.49. The van der Waals surface area contributed by atoms with Gasteiger partial charge >= 0.3 is 0 Å².